The van der Waals surface area contributed by atoms with Gasteiger partial charge >= 0.3 is 0 Å². The zero-order valence-electron chi connectivity index (χ0n) is 27.2. The smallest absolute Gasteiger partial charge is 0.253 e. The Kier molecular flexibility index (Phi) is 9.85. The van der Waals surface area contributed by atoms with E-state index in [1.54, 1.807) is 6.07 Å². The number of amides is 1. The zero-order valence-corrected chi connectivity index (χ0v) is 27.2. The fourth-order valence-corrected chi connectivity index (χ4v) is 7.57. The minimum atomic E-state index is -0.952. The lowest BCUT2D eigenvalue weighted by molar-refractivity contribution is 0.0587. The first-order chi connectivity index (χ1) is 21.7. The highest BCUT2D eigenvalue weighted by molar-refractivity contribution is 5.94. The van der Waals surface area contributed by atoms with E-state index >= 15 is 0 Å². The minimum absolute atomic E-state index is 0.00471. The molecule has 0 bridgehead atoms. The summed E-state index contributed by atoms with van der Waals surface area (Å²) in [4.78, 5) is 17.7. The van der Waals surface area contributed by atoms with E-state index in [0.717, 1.165) is 64.3 Å². The van der Waals surface area contributed by atoms with Crippen LogP contribution in [-0.4, -0.2) is 75.4 Å². The predicted octanol–water partition coefficient (Wildman–Crippen LogP) is 6.12. The number of piperidine rings is 1. The molecule has 246 valence electrons. The van der Waals surface area contributed by atoms with Crippen molar-refractivity contribution in [1.82, 2.24) is 15.5 Å². The largest absolute Gasteiger partial charge is 0.489 e. The number of hydrogen-bond donors (Lipinski definition) is 2. The quantitative estimate of drug-likeness (QED) is 0.387. The van der Waals surface area contributed by atoms with E-state index in [1.165, 1.54) is 24.5 Å². The van der Waals surface area contributed by atoms with Gasteiger partial charge in [-0.1, -0.05) is 20.8 Å². The van der Waals surface area contributed by atoms with Crippen LogP contribution in [0.1, 0.15) is 87.6 Å². The Hall–Kier alpha value is -2.91. The Balaban J connectivity index is 1.11. The molecule has 3 aliphatic heterocycles. The van der Waals surface area contributed by atoms with Gasteiger partial charge < -0.3 is 29.9 Å². The normalized spacial score (nSPS) is 25.0. The van der Waals surface area contributed by atoms with E-state index in [4.69, 9.17) is 9.47 Å². The Morgan fingerprint density at radius 1 is 0.800 bits per heavy atom. The lowest BCUT2D eigenvalue weighted by Crippen LogP contribution is -2.43. The molecule has 4 fully saturated rings. The molecule has 3 saturated heterocycles. The van der Waals surface area contributed by atoms with Crippen molar-refractivity contribution in [2.45, 2.75) is 83.8 Å². The number of hydrogen-bond acceptors (Lipinski definition) is 6. The van der Waals surface area contributed by atoms with Gasteiger partial charge in [0, 0.05) is 82.0 Å². The number of nitrogens with one attached hydrogen (secondary N) is 2. The molecule has 9 heteroatoms. The third-order valence-electron chi connectivity index (χ3n) is 10.4. The molecule has 0 aromatic heterocycles. The first-order valence-corrected chi connectivity index (χ1v) is 17.1. The summed E-state index contributed by atoms with van der Waals surface area (Å²) in [6.07, 6.45) is 6.57. The first kappa shape index (κ1) is 32.0. The summed E-state index contributed by atoms with van der Waals surface area (Å²) in [6.45, 7) is 12.9. The number of carbonyl (C=O) groups is 1. The Labute approximate surface area is 267 Å². The van der Waals surface area contributed by atoms with Crippen molar-refractivity contribution in [1.29, 1.82) is 0 Å². The van der Waals surface area contributed by atoms with Crippen LogP contribution in [0.2, 0.25) is 0 Å². The van der Waals surface area contributed by atoms with Gasteiger partial charge in [0.1, 0.15) is 18.0 Å². The molecule has 6 rings (SSSR count). The molecule has 0 unspecified atom stereocenters. The topological polar surface area (TPSA) is 66.1 Å². The van der Waals surface area contributed by atoms with Gasteiger partial charge in [-0.25, -0.2) is 4.39 Å². The minimum Gasteiger partial charge on any atom is -0.489 e. The third-order valence-corrected chi connectivity index (χ3v) is 10.4. The van der Waals surface area contributed by atoms with E-state index < -0.39 is 11.6 Å². The summed E-state index contributed by atoms with van der Waals surface area (Å²) < 4.78 is 41.8. The van der Waals surface area contributed by atoms with Gasteiger partial charge in [-0.3, -0.25) is 4.79 Å². The fourth-order valence-electron chi connectivity index (χ4n) is 7.57. The van der Waals surface area contributed by atoms with Gasteiger partial charge in [-0.05, 0) is 79.7 Å². The molecule has 7 nitrogen and oxygen atoms in total. The monoisotopic (exact) mass is 624 g/mol. The number of likely N-dealkylation sites (tertiary alicyclic amines) is 1. The van der Waals surface area contributed by atoms with E-state index in [0.29, 0.717) is 54.4 Å². The second-order valence-electron chi connectivity index (χ2n) is 14.5. The average molecular weight is 625 g/mol. The molecule has 1 saturated carbocycles. The number of halogens is 2. The predicted molar refractivity (Wildman–Crippen MR) is 173 cm³/mol. The molecular weight excluding hydrogens is 574 g/mol. The summed E-state index contributed by atoms with van der Waals surface area (Å²) in [5.41, 5.74) is 2.80. The fraction of sp³-hybridized carbons (Fsp3) is 0.639. The van der Waals surface area contributed by atoms with Gasteiger partial charge in [0.05, 0.1) is 0 Å². The SMILES string of the molecule is CC(C)(C)C1CCC(c2cc(C(=O)N3CCC(Oc4cc(N5CCNCC5)cc(F)c4F)CC3)ccc2O[C@H]2CCNC2)CC1. The molecule has 1 atom stereocenters. The number of piperazine rings is 1. The number of carbonyl (C=O) groups excluding carboxylic acids is 1. The van der Waals surface area contributed by atoms with Crippen LogP contribution >= 0.6 is 0 Å². The number of benzene rings is 2. The maximum atomic E-state index is 14.8. The highest BCUT2D eigenvalue weighted by Crippen LogP contribution is 2.45. The van der Waals surface area contributed by atoms with Crippen molar-refractivity contribution in [3.63, 3.8) is 0 Å². The van der Waals surface area contributed by atoms with E-state index in [1.807, 2.05) is 21.9 Å². The highest BCUT2D eigenvalue weighted by Gasteiger charge is 2.33. The standard InChI is InChI=1S/C36H50F2N4O3/c1-36(2,3)26-7-4-24(5-8-26)30-20-25(6-9-32(30)45-29-10-13-40-23-29)35(43)42-16-11-28(12-17-42)44-33-22-27(21-31(37)34(33)38)41-18-14-39-15-19-41/h6,9,20-22,24,26,28-29,39-40H,4-5,7-8,10-19,23H2,1-3H3/t24?,26?,29-/m0/s1. The van der Waals surface area contributed by atoms with Gasteiger partial charge in [0.15, 0.2) is 11.6 Å². The van der Waals surface area contributed by atoms with Crippen LogP contribution < -0.4 is 25.0 Å². The van der Waals surface area contributed by atoms with E-state index in [9.17, 15) is 13.6 Å². The van der Waals surface area contributed by atoms with E-state index in [2.05, 4.69) is 37.5 Å². The number of anilines is 1. The number of rotatable bonds is 7. The summed E-state index contributed by atoms with van der Waals surface area (Å²) >= 11 is 0. The van der Waals surface area contributed by atoms with Crippen LogP contribution in [0.4, 0.5) is 14.5 Å². The molecule has 2 aromatic carbocycles. The maximum Gasteiger partial charge on any atom is 0.253 e. The highest BCUT2D eigenvalue weighted by atomic mass is 19.2. The van der Waals surface area contributed by atoms with Crippen molar-refractivity contribution in [2.24, 2.45) is 11.3 Å². The van der Waals surface area contributed by atoms with Crippen LogP contribution in [0.25, 0.3) is 0 Å². The molecular formula is C36H50F2N4O3. The first-order valence-electron chi connectivity index (χ1n) is 17.1. The van der Waals surface area contributed by atoms with Gasteiger partial charge in [0.25, 0.3) is 5.91 Å². The van der Waals surface area contributed by atoms with Crippen molar-refractivity contribution in [2.75, 3.05) is 57.3 Å². The molecule has 45 heavy (non-hydrogen) atoms. The third kappa shape index (κ3) is 7.57. The Morgan fingerprint density at radius 2 is 1.51 bits per heavy atom. The molecule has 2 N–H and O–H groups in total. The van der Waals surface area contributed by atoms with Crippen molar-refractivity contribution in [3.8, 4) is 11.5 Å². The second-order valence-corrected chi connectivity index (χ2v) is 14.5. The van der Waals surface area contributed by atoms with Crippen LogP contribution in [0.5, 0.6) is 11.5 Å². The van der Waals surface area contributed by atoms with Crippen LogP contribution in [0.15, 0.2) is 30.3 Å². The zero-order chi connectivity index (χ0) is 31.6. The Morgan fingerprint density at radius 3 is 2.18 bits per heavy atom. The number of ether oxygens (including phenoxy) is 2. The molecule has 0 radical (unpaired) electrons. The molecule has 2 aromatic rings. The van der Waals surface area contributed by atoms with Gasteiger partial charge in [-0.2, -0.15) is 4.39 Å². The van der Waals surface area contributed by atoms with Crippen molar-refractivity contribution in [3.05, 3.63) is 53.1 Å². The second kappa shape index (κ2) is 13.8. The Bertz CT molecular complexity index is 1320. The summed E-state index contributed by atoms with van der Waals surface area (Å²) in [6, 6.07) is 8.87. The van der Waals surface area contributed by atoms with Crippen molar-refractivity contribution < 1.29 is 23.0 Å². The molecule has 4 aliphatic rings. The van der Waals surface area contributed by atoms with E-state index in [-0.39, 0.29) is 23.9 Å². The summed E-state index contributed by atoms with van der Waals surface area (Å²) in [5, 5.41) is 6.67. The van der Waals surface area contributed by atoms with Crippen molar-refractivity contribution >= 4 is 11.6 Å². The van der Waals surface area contributed by atoms with Crippen LogP contribution in [-0.2, 0) is 0 Å². The number of nitrogens with zero attached hydrogens (tertiary/aromatic N) is 2. The summed E-state index contributed by atoms with van der Waals surface area (Å²) in [5.74, 6) is 0.119. The molecule has 3 heterocycles. The van der Waals surface area contributed by atoms with Gasteiger partial charge in [-0.15, -0.1) is 0 Å². The lowest BCUT2D eigenvalue weighted by Gasteiger charge is -2.37. The average Bonchev–Trinajstić information content (AvgIpc) is 3.56. The lowest BCUT2D eigenvalue weighted by atomic mass is 9.68. The molecule has 0 spiro atoms. The van der Waals surface area contributed by atoms with Crippen LogP contribution in [0.3, 0.4) is 0 Å². The molecule has 1 amide bonds. The van der Waals surface area contributed by atoms with Gasteiger partial charge in [0.2, 0.25) is 5.82 Å². The molecule has 1 aliphatic carbocycles. The van der Waals surface area contributed by atoms with Crippen LogP contribution in [0, 0.1) is 23.0 Å². The summed E-state index contributed by atoms with van der Waals surface area (Å²) in [7, 11) is 0. The maximum absolute atomic E-state index is 14.8.